The minimum Gasteiger partial charge on any atom is -0.508 e. The predicted molar refractivity (Wildman–Crippen MR) is 84.6 cm³/mol. The van der Waals surface area contributed by atoms with Gasteiger partial charge >= 0.3 is 0 Å². The Balaban J connectivity index is 2.19. The van der Waals surface area contributed by atoms with Crippen LogP contribution in [0.25, 0.3) is 0 Å². The van der Waals surface area contributed by atoms with Crippen LogP contribution in [0.15, 0.2) is 47.2 Å². The second kappa shape index (κ2) is 6.86. The van der Waals surface area contributed by atoms with E-state index in [1.165, 1.54) is 5.56 Å². The first-order valence-electron chi connectivity index (χ1n) is 6.76. The number of aromatic nitrogens is 1. The van der Waals surface area contributed by atoms with E-state index < -0.39 is 0 Å². The monoisotopic (exact) mass is 334 g/mol. The molecule has 0 saturated heterocycles. The Bertz CT molecular complexity index is 560. The molecule has 1 heterocycles. The van der Waals surface area contributed by atoms with E-state index in [9.17, 15) is 5.11 Å². The van der Waals surface area contributed by atoms with Crippen LogP contribution in [0.4, 0.5) is 0 Å². The van der Waals surface area contributed by atoms with Gasteiger partial charge in [-0.2, -0.15) is 0 Å². The first-order chi connectivity index (χ1) is 9.61. The molecule has 0 aliphatic rings. The van der Waals surface area contributed by atoms with E-state index in [0.717, 1.165) is 16.5 Å². The number of phenolic OH excluding ortho intramolecular Hbond substituents is 1. The predicted octanol–water partition coefficient (Wildman–Crippen LogP) is 4.35. The van der Waals surface area contributed by atoms with Crippen LogP contribution >= 0.6 is 15.9 Å². The van der Waals surface area contributed by atoms with E-state index in [1.807, 2.05) is 24.3 Å². The number of pyridine rings is 1. The molecule has 2 N–H and O–H groups in total. The summed E-state index contributed by atoms with van der Waals surface area (Å²) in [5, 5.41) is 13.6. The minimum absolute atomic E-state index is 0.107. The lowest BCUT2D eigenvalue weighted by atomic mass is 10.0. The molecule has 1 unspecified atom stereocenters. The SMILES string of the molecule is CCC(N[C@@H](C)c1ccncc1)c1cc(Br)ccc1O. The van der Waals surface area contributed by atoms with Gasteiger partial charge in [-0.3, -0.25) is 4.98 Å². The van der Waals surface area contributed by atoms with Gasteiger partial charge in [-0.1, -0.05) is 22.9 Å². The van der Waals surface area contributed by atoms with Gasteiger partial charge in [0.25, 0.3) is 0 Å². The summed E-state index contributed by atoms with van der Waals surface area (Å²) in [7, 11) is 0. The van der Waals surface area contributed by atoms with Crippen molar-refractivity contribution in [2.45, 2.75) is 32.4 Å². The number of rotatable bonds is 5. The highest BCUT2D eigenvalue weighted by Crippen LogP contribution is 2.31. The standard InChI is InChI=1S/C16H19BrN2O/c1-3-15(14-10-13(17)4-5-16(14)20)19-11(2)12-6-8-18-9-7-12/h4-11,15,19-20H,3H2,1-2H3/t11-,15?/m0/s1. The van der Waals surface area contributed by atoms with Gasteiger partial charge in [-0.05, 0) is 49.2 Å². The zero-order valence-electron chi connectivity index (χ0n) is 11.7. The molecule has 0 fully saturated rings. The second-order valence-electron chi connectivity index (χ2n) is 4.83. The molecular formula is C16H19BrN2O. The molecule has 3 nitrogen and oxygen atoms in total. The van der Waals surface area contributed by atoms with E-state index in [2.05, 4.69) is 40.1 Å². The summed E-state index contributed by atoms with van der Waals surface area (Å²) >= 11 is 3.46. The third-order valence-electron chi connectivity index (χ3n) is 3.43. The van der Waals surface area contributed by atoms with E-state index in [0.29, 0.717) is 5.75 Å². The van der Waals surface area contributed by atoms with Crippen molar-refractivity contribution in [1.29, 1.82) is 0 Å². The highest BCUT2D eigenvalue weighted by atomic mass is 79.9. The van der Waals surface area contributed by atoms with Crippen LogP contribution in [0.5, 0.6) is 5.75 Å². The van der Waals surface area contributed by atoms with Crippen LogP contribution in [-0.2, 0) is 0 Å². The number of phenols is 1. The molecule has 0 radical (unpaired) electrons. The molecule has 2 aromatic rings. The quantitative estimate of drug-likeness (QED) is 0.854. The van der Waals surface area contributed by atoms with Crippen LogP contribution in [0.2, 0.25) is 0 Å². The molecule has 0 bridgehead atoms. The van der Waals surface area contributed by atoms with Crippen LogP contribution in [0.1, 0.15) is 43.5 Å². The number of hydrogen-bond donors (Lipinski definition) is 2. The van der Waals surface area contributed by atoms with Crippen molar-refractivity contribution in [3.8, 4) is 5.75 Å². The van der Waals surface area contributed by atoms with Crippen molar-refractivity contribution >= 4 is 15.9 Å². The van der Waals surface area contributed by atoms with E-state index in [1.54, 1.807) is 18.5 Å². The van der Waals surface area contributed by atoms with Crippen LogP contribution in [-0.4, -0.2) is 10.1 Å². The van der Waals surface area contributed by atoms with Gasteiger partial charge in [0.15, 0.2) is 0 Å². The van der Waals surface area contributed by atoms with Crippen molar-refractivity contribution in [2.24, 2.45) is 0 Å². The Kier molecular flexibility index (Phi) is 5.15. The van der Waals surface area contributed by atoms with Crippen molar-refractivity contribution in [2.75, 3.05) is 0 Å². The molecule has 0 spiro atoms. The lowest BCUT2D eigenvalue weighted by Crippen LogP contribution is -2.24. The number of hydrogen-bond acceptors (Lipinski definition) is 3. The lowest BCUT2D eigenvalue weighted by Gasteiger charge is -2.24. The maximum Gasteiger partial charge on any atom is 0.120 e. The van der Waals surface area contributed by atoms with Gasteiger partial charge < -0.3 is 10.4 Å². The van der Waals surface area contributed by atoms with Gasteiger partial charge in [0.2, 0.25) is 0 Å². The van der Waals surface area contributed by atoms with Crippen LogP contribution in [0, 0.1) is 0 Å². The van der Waals surface area contributed by atoms with Gasteiger partial charge in [0.05, 0.1) is 0 Å². The molecule has 1 aromatic carbocycles. The summed E-state index contributed by atoms with van der Waals surface area (Å²) in [6, 6.07) is 9.85. The Hall–Kier alpha value is -1.39. The maximum absolute atomic E-state index is 10.0. The fraction of sp³-hybridized carbons (Fsp3) is 0.312. The zero-order valence-corrected chi connectivity index (χ0v) is 13.3. The van der Waals surface area contributed by atoms with Crippen molar-refractivity contribution in [3.63, 3.8) is 0 Å². The van der Waals surface area contributed by atoms with Gasteiger partial charge in [0.1, 0.15) is 5.75 Å². The minimum atomic E-state index is 0.107. The zero-order chi connectivity index (χ0) is 14.5. The molecule has 0 aliphatic heterocycles. The van der Waals surface area contributed by atoms with Crippen molar-refractivity contribution < 1.29 is 5.11 Å². The molecule has 0 aliphatic carbocycles. The number of aromatic hydroxyl groups is 1. The maximum atomic E-state index is 10.0. The third-order valence-corrected chi connectivity index (χ3v) is 3.92. The van der Waals surface area contributed by atoms with Gasteiger partial charge in [-0.15, -0.1) is 0 Å². The summed E-state index contributed by atoms with van der Waals surface area (Å²) in [6.07, 6.45) is 4.50. The summed E-state index contributed by atoms with van der Waals surface area (Å²) in [5.74, 6) is 0.328. The molecule has 20 heavy (non-hydrogen) atoms. The topological polar surface area (TPSA) is 45.2 Å². The molecule has 2 atom stereocenters. The third kappa shape index (κ3) is 3.58. The van der Waals surface area contributed by atoms with E-state index in [-0.39, 0.29) is 12.1 Å². The lowest BCUT2D eigenvalue weighted by molar-refractivity contribution is 0.419. The largest absolute Gasteiger partial charge is 0.508 e. The summed E-state index contributed by atoms with van der Waals surface area (Å²) in [5.41, 5.74) is 2.11. The van der Waals surface area contributed by atoms with Crippen LogP contribution < -0.4 is 5.32 Å². The molecule has 0 saturated carbocycles. The van der Waals surface area contributed by atoms with Crippen molar-refractivity contribution in [3.05, 3.63) is 58.3 Å². The average molecular weight is 335 g/mol. The second-order valence-corrected chi connectivity index (χ2v) is 5.75. The Morgan fingerprint density at radius 1 is 1.25 bits per heavy atom. The van der Waals surface area contributed by atoms with Crippen molar-refractivity contribution in [1.82, 2.24) is 10.3 Å². The molecule has 2 rings (SSSR count). The molecule has 4 heteroatoms. The summed E-state index contributed by atoms with van der Waals surface area (Å²) in [6.45, 7) is 4.23. The number of halogens is 1. The molecule has 0 amide bonds. The summed E-state index contributed by atoms with van der Waals surface area (Å²) in [4.78, 5) is 4.04. The average Bonchev–Trinajstić information content (AvgIpc) is 2.48. The number of nitrogens with one attached hydrogen (secondary N) is 1. The normalized spacial score (nSPS) is 13.9. The van der Waals surface area contributed by atoms with Crippen LogP contribution in [0.3, 0.4) is 0 Å². The summed E-state index contributed by atoms with van der Waals surface area (Å²) < 4.78 is 0.974. The fourth-order valence-electron chi connectivity index (χ4n) is 2.28. The smallest absolute Gasteiger partial charge is 0.120 e. The Morgan fingerprint density at radius 2 is 1.95 bits per heavy atom. The van der Waals surface area contributed by atoms with Gasteiger partial charge in [0, 0.05) is 34.5 Å². The first kappa shape index (κ1) is 15.0. The first-order valence-corrected chi connectivity index (χ1v) is 7.55. The number of benzene rings is 1. The van der Waals surface area contributed by atoms with Gasteiger partial charge in [-0.25, -0.2) is 0 Å². The molecular weight excluding hydrogens is 316 g/mol. The molecule has 106 valence electrons. The number of nitrogens with zero attached hydrogens (tertiary/aromatic N) is 1. The Morgan fingerprint density at radius 3 is 2.60 bits per heavy atom. The van der Waals surface area contributed by atoms with E-state index in [4.69, 9.17) is 0 Å². The highest BCUT2D eigenvalue weighted by molar-refractivity contribution is 9.10. The molecule has 1 aromatic heterocycles. The van der Waals surface area contributed by atoms with E-state index >= 15 is 0 Å². The fourth-order valence-corrected chi connectivity index (χ4v) is 2.66. The highest BCUT2D eigenvalue weighted by Gasteiger charge is 2.17. The Labute approximate surface area is 128 Å².